The van der Waals surface area contributed by atoms with Crippen LogP contribution in [0.15, 0.2) is 78.9 Å². The van der Waals surface area contributed by atoms with Crippen LogP contribution in [0.3, 0.4) is 0 Å². The lowest BCUT2D eigenvalue weighted by molar-refractivity contribution is 0.0470. The molecule has 2 atom stereocenters. The van der Waals surface area contributed by atoms with Crippen LogP contribution in [0, 0.1) is 0 Å². The third-order valence-electron chi connectivity index (χ3n) is 3.77. The second-order valence-electron chi connectivity index (χ2n) is 5.27. The third kappa shape index (κ3) is 3.08. The first kappa shape index (κ1) is 14.5. The molecule has 0 heterocycles. The van der Waals surface area contributed by atoms with Crippen LogP contribution in [0.2, 0.25) is 0 Å². The molecule has 22 heavy (non-hydrogen) atoms. The van der Waals surface area contributed by atoms with Gasteiger partial charge >= 0.3 is 0 Å². The molecule has 0 saturated heterocycles. The topological polar surface area (TPSA) is 40.5 Å². The molecule has 1 aliphatic carbocycles. The van der Waals surface area contributed by atoms with Gasteiger partial charge in [0.05, 0.1) is 0 Å². The Hall–Kier alpha value is -2.42. The molecule has 0 amide bonds. The molecule has 2 unspecified atom stereocenters. The molecule has 0 fully saturated rings. The Kier molecular flexibility index (Phi) is 4.33. The molecule has 3 aromatic rings. The molecule has 0 spiro atoms. The maximum absolute atomic E-state index is 9.53. The van der Waals surface area contributed by atoms with Crippen LogP contribution in [0.1, 0.15) is 17.2 Å². The molecule has 2 nitrogen and oxygen atoms in total. The summed E-state index contributed by atoms with van der Waals surface area (Å²) in [5, 5.41) is 21.4. The highest BCUT2D eigenvalue weighted by atomic mass is 16.3. The van der Waals surface area contributed by atoms with Crippen molar-refractivity contribution in [2.24, 2.45) is 0 Å². The minimum atomic E-state index is -0.772. The van der Waals surface area contributed by atoms with Crippen molar-refractivity contribution in [3.63, 3.8) is 0 Å². The summed E-state index contributed by atoms with van der Waals surface area (Å²) < 4.78 is 0. The van der Waals surface area contributed by atoms with Gasteiger partial charge in [-0.25, -0.2) is 0 Å². The fourth-order valence-electron chi connectivity index (χ4n) is 2.56. The minimum Gasteiger partial charge on any atom is -0.386 e. The van der Waals surface area contributed by atoms with Gasteiger partial charge in [0.15, 0.2) is 0 Å². The fraction of sp³-hybridized carbons (Fsp3) is 0.100. The number of aliphatic hydroxyl groups excluding tert-OH is 2. The van der Waals surface area contributed by atoms with Gasteiger partial charge in [0.25, 0.3) is 0 Å². The Bertz CT molecular complexity index is 727. The molecular formula is C20H18O2. The quantitative estimate of drug-likeness (QED) is 0.658. The smallest absolute Gasteiger partial charge is 0.109 e. The maximum atomic E-state index is 9.53. The van der Waals surface area contributed by atoms with Gasteiger partial charge in [-0.2, -0.15) is 0 Å². The zero-order valence-corrected chi connectivity index (χ0v) is 12.1. The second kappa shape index (κ2) is 6.56. The number of fused-ring (bicyclic) bond motifs is 2. The SMILES string of the molecule is OC1C=Cc2ccccc2C1O.c1ccc2ccccc2c1. The molecule has 4 rings (SSSR count). The van der Waals surface area contributed by atoms with Gasteiger partial charge in [0, 0.05) is 0 Å². The van der Waals surface area contributed by atoms with Crippen molar-refractivity contribution in [1.82, 2.24) is 0 Å². The lowest BCUT2D eigenvalue weighted by Gasteiger charge is -2.21. The van der Waals surface area contributed by atoms with Crippen molar-refractivity contribution in [2.75, 3.05) is 0 Å². The highest BCUT2D eigenvalue weighted by Crippen LogP contribution is 2.27. The molecule has 3 aromatic carbocycles. The van der Waals surface area contributed by atoms with E-state index < -0.39 is 12.2 Å². The molecule has 110 valence electrons. The van der Waals surface area contributed by atoms with Crippen LogP contribution in [-0.2, 0) is 0 Å². The summed E-state index contributed by atoms with van der Waals surface area (Å²) in [7, 11) is 0. The van der Waals surface area contributed by atoms with Crippen LogP contribution >= 0.6 is 0 Å². The van der Waals surface area contributed by atoms with E-state index in [4.69, 9.17) is 0 Å². The van der Waals surface area contributed by atoms with Crippen molar-refractivity contribution in [1.29, 1.82) is 0 Å². The normalized spacial score (nSPS) is 19.2. The van der Waals surface area contributed by atoms with Crippen molar-refractivity contribution in [3.8, 4) is 0 Å². The van der Waals surface area contributed by atoms with Crippen molar-refractivity contribution in [3.05, 3.63) is 90.0 Å². The van der Waals surface area contributed by atoms with Gasteiger partial charge in [-0.05, 0) is 21.9 Å². The molecule has 0 aromatic heterocycles. The van der Waals surface area contributed by atoms with E-state index in [1.165, 1.54) is 10.8 Å². The summed E-state index contributed by atoms with van der Waals surface area (Å²) in [6.45, 7) is 0. The van der Waals surface area contributed by atoms with Crippen LogP contribution < -0.4 is 0 Å². The molecule has 1 aliphatic rings. The minimum absolute atomic E-state index is 0.764. The first-order valence-electron chi connectivity index (χ1n) is 7.33. The van der Waals surface area contributed by atoms with E-state index in [1.807, 2.05) is 30.3 Å². The van der Waals surface area contributed by atoms with Crippen LogP contribution in [0.25, 0.3) is 16.8 Å². The lowest BCUT2D eigenvalue weighted by Crippen LogP contribution is -2.19. The van der Waals surface area contributed by atoms with Crippen molar-refractivity contribution < 1.29 is 10.2 Å². The third-order valence-corrected chi connectivity index (χ3v) is 3.77. The Morgan fingerprint density at radius 3 is 1.73 bits per heavy atom. The van der Waals surface area contributed by atoms with Gasteiger partial charge in [0.2, 0.25) is 0 Å². The van der Waals surface area contributed by atoms with Crippen LogP contribution in [-0.4, -0.2) is 16.3 Å². The Morgan fingerprint density at radius 2 is 1.14 bits per heavy atom. The van der Waals surface area contributed by atoms with E-state index in [0.717, 1.165) is 11.1 Å². The summed E-state index contributed by atoms with van der Waals surface area (Å²) in [4.78, 5) is 0. The summed E-state index contributed by atoms with van der Waals surface area (Å²) in [6, 6.07) is 24.2. The Labute approximate surface area is 130 Å². The molecule has 2 N–H and O–H groups in total. The van der Waals surface area contributed by atoms with E-state index in [0.29, 0.717) is 0 Å². The number of hydrogen-bond acceptors (Lipinski definition) is 2. The fourth-order valence-corrected chi connectivity index (χ4v) is 2.56. The summed E-state index contributed by atoms with van der Waals surface area (Å²) in [6.07, 6.45) is 1.89. The van der Waals surface area contributed by atoms with Gasteiger partial charge in [-0.3, -0.25) is 0 Å². The summed E-state index contributed by atoms with van der Waals surface area (Å²) >= 11 is 0. The Morgan fingerprint density at radius 1 is 0.636 bits per heavy atom. The number of benzene rings is 3. The molecule has 0 saturated carbocycles. The predicted octanol–water partition coefficient (Wildman–Crippen LogP) is 3.95. The zero-order valence-electron chi connectivity index (χ0n) is 12.1. The second-order valence-corrected chi connectivity index (χ2v) is 5.27. The van der Waals surface area contributed by atoms with Crippen molar-refractivity contribution >= 4 is 16.8 Å². The van der Waals surface area contributed by atoms with Gasteiger partial charge < -0.3 is 10.2 Å². The number of aliphatic hydroxyl groups is 2. The van der Waals surface area contributed by atoms with E-state index in [9.17, 15) is 10.2 Å². The lowest BCUT2D eigenvalue weighted by atomic mass is 9.93. The highest BCUT2D eigenvalue weighted by molar-refractivity contribution is 5.82. The van der Waals surface area contributed by atoms with E-state index in [-0.39, 0.29) is 0 Å². The summed E-state index contributed by atoms with van der Waals surface area (Å²) in [5.74, 6) is 0. The monoisotopic (exact) mass is 290 g/mol. The average Bonchev–Trinajstić information content (AvgIpc) is 2.59. The van der Waals surface area contributed by atoms with E-state index >= 15 is 0 Å². The number of hydrogen-bond donors (Lipinski definition) is 2. The molecule has 0 radical (unpaired) electrons. The predicted molar refractivity (Wildman–Crippen MR) is 90.4 cm³/mol. The molecule has 2 heteroatoms. The first-order valence-corrected chi connectivity index (χ1v) is 7.33. The molecular weight excluding hydrogens is 272 g/mol. The standard InChI is InChI=1S/C10H10O2.C10H8/c11-9-6-5-7-3-1-2-4-8(7)10(9)12;1-2-6-10-8-4-3-7-9(10)5-1/h1-6,9-12H;1-8H. The largest absolute Gasteiger partial charge is 0.386 e. The van der Waals surface area contributed by atoms with Crippen LogP contribution in [0.5, 0.6) is 0 Å². The van der Waals surface area contributed by atoms with Gasteiger partial charge in [-0.1, -0.05) is 84.9 Å². The zero-order chi connectivity index (χ0) is 15.4. The Balaban J connectivity index is 0.000000133. The van der Waals surface area contributed by atoms with Gasteiger partial charge in [0.1, 0.15) is 12.2 Å². The van der Waals surface area contributed by atoms with Crippen LogP contribution in [0.4, 0.5) is 0 Å². The van der Waals surface area contributed by atoms with E-state index in [2.05, 4.69) is 48.5 Å². The molecule has 0 aliphatic heterocycles. The number of rotatable bonds is 0. The average molecular weight is 290 g/mol. The summed E-state index contributed by atoms with van der Waals surface area (Å²) in [5.41, 5.74) is 1.78. The van der Waals surface area contributed by atoms with Gasteiger partial charge in [-0.15, -0.1) is 0 Å². The molecule has 0 bridgehead atoms. The highest BCUT2D eigenvalue weighted by Gasteiger charge is 2.20. The first-order chi connectivity index (χ1) is 10.8. The van der Waals surface area contributed by atoms with Crippen molar-refractivity contribution in [2.45, 2.75) is 12.2 Å². The maximum Gasteiger partial charge on any atom is 0.109 e. The van der Waals surface area contributed by atoms with E-state index in [1.54, 1.807) is 6.08 Å².